The molecule has 0 aliphatic heterocycles. The molecule has 2 N–H and O–H groups in total. The van der Waals surface area contributed by atoms with Crippen LogP contribution in [0, 0.1) is 12.8 Å². The standard InChI is InChI=1S/C16H27N3O2/c1-6-17-15-9-13(8-12(5)18-15)16(20)19-14(11(3)4)10-21-7-2/h8-9,11,14H,6-7,10H2,1-5H3,(H,17,18)(H,19,20). The zero-order valence-electron chi connectivity index (χ0n) is 13.7. The molecule has 0 bridgehead atoms. The maximum atomic E-state index is 12.4. The summed E-state index contributed by atoms with van der Waals surface area (Å²) in [6.45, 7) is 11.9. The van der Waals surface area contributed by atoms with Crippen LogP contribution in [0.1, 0.15) is 43.7 Å². The molecule has 0 aromatic carbocycles. The van der Waals surface area contributed by atoms with Crippen molar-refractivity contribution in [1.29, 1.82) is 0 Å². The van der Waals surface area contributed by atoms with Crippen molar-refractivity contribution < 1.29 is 9.53 Å². The van der Waals surface area contributed by atoms with Crippen LogP contribution in [0.2, 0.25) is 0 Å². The van der Waals surface area contributed by atoms with Gasteiger partial charge in [-0.1, -0.05) is 13.8 Å². The van der Waals surface area contributed by atoms with Gasteiger partial charge >= 0.3 is 0 Å². The zero-order chi connectivity index (χ0) is 15.8. The second kappa shape index (κ2) is 8.62. The minimum absolute atomic E-state index is 0.00788. The number of aromatic nitrogens is 1. The summed E-state index contributed by atoms with van der Waals surface area (Å²) in [5.41, 5.74) is 1.45. The summed E-state index contributed by atoms with van der Waals surface area (Å²) in [7, 11) is 0. The van der Waals surface area contributed by atoms with Gasteiger partial charge in [0.1, 0.15) is 5.82 Å². The Balaban J connectivity index is 2.81. The first kappa shape index (κ1) is 17.4. The molecule has 1 unspecified atom stereocenters. The summed E-state index contributed by atoms with van der Waals surface area (Å²) >= 11 is 0. The summed E-state index contributed by atoms with van der Waals surface area (Å²) in [5, 5.41) is 6.18. The largest absolute Gasteiger partial charge is 0.380 e. The fourth-order valence-electron chi connectivity index (χ4n) is 1.97. The van der Waals surface area contributed by atoms with E-state index in [-0.39, 0.29) is 11.9 Å². The maximum absolute atomic E-state index is 12.4. The highest BCUT2D eigenvalue weighted by Gasteiger charge is 2.18. The number of anilines is 1. The lowest BCUT2D eigenvalue weighted by Crippen LogP contribution is -2.42. The molecule has 1 rings (SSSR count). The second-order valence-corrected chi connectivity index (χ2v) is 5.40. The van der Waals surface area contributed by atoms with E-state index in [2.05, 4.69) is 29.5 Å². The number of rotatable bonds is 8. The van der Waals surface area contributed by atoms with Crippen LogP contribution in [0.25, 0.3) is 0 Å². The predicted octanol–water partition coefficient (Wildman–Crippen LogP) is 2.61. The highest BCUT2D eigenvalue weighted by Crippen LogP contribution is 2.11. The molecule has 1 aromatic rings. The fraction of sp³-hybridized carbons (Fsp3) is 0.625. The van der Waals surface area contributed by atoms with Crippen molar-refractivity contribution in [1.82, 2.24) is 10.3 Å². The first-order valence-electron chi connectivity index (χ1n) is 7.59. The molecule has 0 aliphatic carbocycles. The van der Waals surface area contributed by atoms with Crippen LogP contribution >= 0.6 is 0 Å². The van der Waals surface area contributed by atoms with Gasteiger partial charge in [-0.05, 0) is 38.8 Å². The van der Waals surface area contributed by atoms with Crippen molar-refractivity contribution in [3.8, 4) is 0 Å². The Morgan fingerprint density at radius 3 is 2.62 bits per heavy atom. The molecular weight excluding hydrogens is 266 g/mol. The molecular formula is C16H27N3O2. The molecule has 118 valence electrons. The van der Waals surface area contributed by atoms with Crippen LogP contribution in [-0.2, 0) is 4.74 Å². The van der Waals surface area contributed by atoms with E-state index in [9.17, 15) is 4.79 Å². The van der Waals surface area contributed by atoms with Crippen LogP contribution in [0.3, 0.4) is 0 Å². The highest BCUT2D eigenvalue weighted by atomic mass is 16.5. The molecule has 0 radical (unpaired) electrons. The normalized spacial score (nSPS) is 12.3. The van der Waals surface area contributed by atoms with Gasteiger partial charge in [0.2, 0.25) is 0 Å². The van der Waals surface area contributed by atoms with Crippen LogP contribution in [0.5, 0.6) is 0 Å². The molecule has 0 saturated carbocycles. The van der Waals surface area contributed by atoms with E-state index in [1.54, 1.807) is 12.1 Å². The number of carbonyl (C=O) groups excluding carboxylic acids is 1. The predicted molar refractivity (Wildman–Crippen MR) is 85.7 cm³/mol. The van der Waals surface area contributed by atoms with Gasteiger partial charge in [0, 0.05) is 24.4 Å². The SMILES string of the molecule is CCNc1cc(C(=O)NC(COCC)C(C)C)cc(C)n1. The molecule has 5 heteroatoms. The van der Waals surface area contributed by atoms with Gasteiger partial charge < -0.3 is 15.4 Å². The third-order valence-corrected chi connectivity index (χ3v) is 3.20. The molecule has 21 heavy (non-hydrogen) atoms. The summed E-state index contributed by atoms with van der Waals surface area (Å²) in [6, 6.07) is 3.59. The third-order valence-electron chi connectivity index (χ3n) is 3.20. The highest BCUT2D eigenvalue weighted by molar-refractivity contribution is 5.95. The number of aryl methyl sites for hydroxylation is 1. The Morgan fingerprint density at radius 1 is 1.33 bits per heavy atom. The molecule has 1 heterocycles. The summed E-state index contributed by atoms with van der Waals surface area (Å²) in [5.74, 6) is 0.961. The fourth-order valence-corrected chi connectivity index (χ4v) is 1.97. The molecule has 0 spiro atoms. The van der Waals surface area contributed by atoms with Gasteiger partial charge in [0.25, 0.3) is 5.91 Å². The van der Waals surface area contributed by atoms with Crippen LogP contribution in [0.4, 0.5) is 5.82 Å². The number of nitrogens with one attached hydrogen (secondary N) is 2. The lowest BCUT2D eigenvalue weighted by molar-refractivity contribution is 0.0806. The summed E-state index contributed by atoms with van der Waals surface area (Å²) in [4.78, 5) is 16.8. The molecule has 1 amide bonds. The Bertz CT molecular complexity index is 461. The summed E-state index contributed by atoms with van der Waals surface area (Å²) < 4.78 is 5.44. The Kier molecular flexibility index (Phi) is 7.15. The Hall–Kier alpha value is -1.62. The van der Waals surface area contributed by atoms with E-state index in [1.165, 1.54) is 0 Å². The van der Waals surface area contributed by atoms with Gasteiger partial charge in [-0.3, -0.25) is 4.79 Å². The molecule has 1 aromatic heterocycles. The van der Waals surface area contributed by atoms with Crippen LogP contribution in [0.15, 0.2) is 12.1 Å². The van der Waals surface area contributed by atoms with E-state index in [4.69, 9.17) is 4.74 Å². The van der Waals surface area contributed by atoms with Crippen LogP contribution in [-0.4, -0.2) is 36.7 Å². The van der Waals surface area contributed by atoms with Gasteiger partial charge in [-0.15, -0.1) is 0 Å². The number of hydrogen-bond donors (Lipinski definition) is 2. The number of amides is 1. The van der Waals surface area contributed by atoms with E-state index in [1.807, 2.05) is 20.8 Å². The maximum Gasteiger partial charge on any atom is 0.251 e. The average molecular weight is 293 g/mol. The number of ether oxygens (including phenoxy) is 1. The van der Waals surface area contributed by atoms with Crippen molar-refractivity contribution in [2.24, 2.45) is 5.92 Å². The lowest BCUT2D eigenvalue weighted by atomic mass is 10.0. The quantitative estimate of drug-likeness (QED) is 0.773. The molecule has 0 fully saturated rings. The first-order chi connectivity index (χ1) is 9.97. The molecule has 0 aliphatic rings. The lowest BCUT2D eigenvalue weighted by Gasteiger charge is -2.22. The van der Waals surface area contributed by atoms with Gasteiger partial charge in [-0.25, -0.2) is 4.98 Å². The third kappa shape index (κ3) is 5.71. The van der Waals surface area contributed by atoms with Crippen molar-refractivity contribution in [2.45, 2.75) is 40.7 Å². The molecule has 0 saturated heterocycles. The van der Waals surface area contributed by atoms with Gasteiger partial charge in [0.05, 0.1) is 12.6 Å². The van der Waals surface area contributed by atoms with E-state index in [0.29, 0.717) is 24.7 Å². The second-order valence-electron chi connectivity index (χ2n) is 5.40. The number of carbonyl (C=O) groups is 1. The molecule has 1 atom stereocenters. The van der Waals surface area contributed by atoms with Crippen LogP contribution < -0.4 is 10.6 Å². The Morgan fingerprint density at radius 2 is 2.05 bits per heavy atom. The van der Waals surface area contributed by atoms with Crippen molar-refractivity contribution in [3.05, 3.63) is 23.4 Å². The summed E-state index contributed by atoms with van der Waals surface area (Å²) in [6.07, 6.45) is 0. The van der Waals surface area contributed by atoms with Gasteiger partial charge in [0.15, 0.2) is 0 Å². The van der Waals surface area contributed by atoms with Crippen molar-refractivity contribution >= 4 is 11.7 Å². The van der Waals surface area contributed by atoms with Crippen molar-refractivity contribution in [3.63, 3.8) is 0 Å². The average Bonchev–Trinajstić information content (AvgIpc) is 2.42. The van der Waals surface area contributed by atoms with Gasteiger partial charge in [-0.2, -0.15) is 0 Å². The topological polar surface area (TPSA) is 63.2 Å². The minimum atomic E-state index is -0.0851. The van der Waals surface area contributed by atoms with E-state index in [0.717, 1.165) is 18.1 Å². The van der Waals surface area contributed by atoms with Crippen molar-refractivity contribution in [2.75, 3.05) is 25.1 Å². The monoisotopic (exact) mass is 293 g/mol. The smallest absolute Gasteiger partial charge is 0.251 e. The minimum Gasteiger partial charge on any atom is -0.380 e. The van der Waals surface area contributed by atoms with E-state index < -0.39 is 0 Å². The number of hydrogen-bond acceptors (Lipinski definition) is 4. The number of pyridine rings is 1. The Labute approximate surface area is 127 Å². The first-order valence-corrected chi connectivity index (χ1v) is 7.59. The van der Waals surface area contributed by atoms with E-state index >= 15 is 0 Å². The zero-order valence-corrected chi connectivity index (χ0v) is 13.7. The number of nitrogens with zero attached hydrogens (tertiary/aromatic N) is 1. The molecule has 5 nitrogen and oxygen atoms in total.